The van der Waals surface area contributed by atoms with Crippen LogP contribution in [0.2, 0.25) is 0 Å². The van der Waals surface area contributed by atoms with Gasteiger partial charge >= 0.3 is 0 Å². The Labute approximate surface area is 149 Å². The van der Waals surface area contributed by atoms with Crippen molar-refractivity contribution >= 4 is 11.6 Å². The molecule has 0 fully saturated rings. The minimum absolute atomic E-state index is 0.179. The summed E-state index contributed by atoms with van der Waals surface area (Å²) in [6.45, 7) is 0.716. The SMILES string of the molecule is O=C(Nc1cccc(-c2nnco2)c1)c1ccc(Cn2ccnc2)cc1. The lowest BCUT2D eigenvalue weighted by atomic mass is 10.1. The summed E-state index contributed by atoms with van der Waals surface area (Å²) in [6, 6.07) is 14.8. The Hall–Kier alpha value is -3.74. The van der Waals surface area contributed by atoms with Crippen molar-refractivity contribution in [2.75, 3.05) is 5.32 Å². The molecule has 0 aliphatic carbocycles. The number of amides is 1. The molecule has 0 spiro atoms. The number of carbonyl (C=O) groups excluding carboxylic acids is 1. The van der Waals surface area contributed by atoms with Gasteiger partial charge in [0.2, 0.25) is 12.3 Å². The van der Waals surface area contributed by atoms with Gasteiger partial charge < -0.3 is 14.3 Å². The second kappa shape index (κ2) is 7.02. The zero-order valence-corrected chi connectivity index (χ0v) is 13.7. The van der Waals surface area contributed by atoms with Crippen molar-refractivity contribution in [3.05, 3.63) is 84.8 Å². The molecule has 0 atom stereocenters. The van der Waals surface area contributed by atoms with Crippen molar-refractivity contribution in [1.29, 1.82) is 0 Å². The maximum absolute atomic E-state index is 12.5. The Morgan fingerprint density at radius 1 is 1.15 bits per heavy atom. The van der Waals surface area contributed by atoms with E-state index in [0.717, 1.165) is 11.1 Å². The molecular formula is C19H15N5O2. The summed E-state index contributed by atoms with van der Waals surface area (Å²) in [5, 5.41) is 10.4. The van der Waals surface area contributed by atoms with Gasteiger partial charge in [-0.25, -0.2) is 4.98 Å². The van der Waals surface area contributed by atoms with E-state index in [1.54, 1.807) is 18.6 Å². The van der Waals surface area contributed by atoms with E-state index in [9.17, 15) is 4.79 Å². The number of aromatic nitrogens is 4. The number of hydrogen-bond acceptors (Lipinski definition) is 5. The average molecular weight is 345 g/mol. The number of imidazole rings is 1. The van der Waals surface area contributed by atoms with E-state index in [-0.39, 0.29) is 5.91 Å². The highest BCUT2D eigenvalue weighted by Gasteiger charge is 2.09. The maximum atomic E-state index is 12.5. The summed E-state index contributed by atoms with van der Waals surface area (Å²) < 4.78 is 7.15. The normalized spacial score (nSPS) is 10.6. The highest BCUT2D eigenvalue weighted by molar-refractivity contribution is 6.04. The number of hydrogen-bond donors (Lipinski definition) is 1. The molecule has 1 amide bonds. The molecule has 0 unspecified atom stereocenters. The van der Waals surface area contributed by atoms with Crippen molar-refractivity contribution in [3.63, 3.8) is 0 Å². The van der Waals surface area contributed by atoms with E-state index in [1.165, 1.54) is 6.39 Å². The van der Waals surface area contributed by atoms with Gasteiger partial charge in [0, 0.05) is 35.8 Å². The smallest absolute Gasteiger partial charge is 0.255 e. The molecule has 4 rings (SSSR count). The van der Waals surface area contributed by atoms with Gasteiger partial charge in [0.05, 0.1) is 6.33 Å². The Morgan fingerprint density at radius 2 is 2.04 bits per heavy atom. The van der Waals surface area contributed by atoms with E-state index < -0.39 is 0 Å². The van der Waals surface area contributed by atoms with Crippen LogP contribution in [-0.2, 0) is 6.54 Å². The van der Waals surface area contributed by atoms with E-state index in [1.807, 2.05) is 53.2 Å². The third-order valence-corrected chi connectivity index (χ3v) is 3.87. The fourth-order valence-electron chi connectivity index (χ4n) is 2.58. The second-order valence-electron chi connectivity index (χ2n) is 5.71. The Balaban J connectivity index is 1.45. The number of rotatable bonds is 5. The summed E-state index contributed by atoms with van der Waals surface area (Å²) in [7, 11) is 0. The predicted molar refractivity (Wildman–Crippen MR) is 95.5 cm³/mol. The number of nitrogens with zero attached hydrogens (tertiary/aromatic N) is 4. The minimum atomic E-state index is -0.179. The standard InChI is InChI=1S/C19H15N5O2/c25-18(15-6-4-14(5-7-15)11-24-9-8-20-12-24)22-17-3-1-2-16(10-17)19-23-21-13-26-19/h1-10,12-13H,11H2,(H,22,25). The van der Waals surface area contributed by atoms with Crippen LogP contribution in [0.5, 0.6) is 0 Å². The first-order chi connectivity index (χ1) is 12.8. The lowest BCUT2D eigenvalue weighted by Crippen LogP contribution is -2.12. The topological polar surface area (TPSA) is 85.8 Å². The fourth-order valence-corrected chi connectivity index (χ4v) is 2.58. The van der Waals surface area contributed by atoms with Crippen molar-refractivity contribution in [2.24, 2.45) is 0 Å². The minimum Gasteiger partial charge on any atom is -0.423 e. The van der Waals surface area contributed by atoms with Crippen molar-refractivity contribution in [1.82, 2.24) is 19.7 Å². The van der Waals surface area contributed by atoms with E-state index >= 15 is 0 Å². The number of nitrogens with one attached hydrogen (secondary N) is 1. The van der Waals surface area contributed by atoms with Crippen LogP contribution >= 0.6 is 0 Å². The van der Waals surface area contributed by atoms with Crippen molar-refractivity contribution in [2.45, 2.75) is 6.54 Å². The summed E-state index contributed by atoms with van der Waals surface area (Å²) >= 11 is 0. The molecular weight excluding hydrogens is 330 g/mol. The predicted octanol–water partition coefficient (Wildman–Crippen LogP) is 3.23. The van der Waals surface area contributed by atoms with Crippen LogP contribution in [0.3, 0.4) is 0 Å². The second-order valence-corrected chi connectivity index (χ2v) is 5.71. The molecule has 0 aliphatic heterocycles. The van der Waals surface area contributed by atoms with Gasteiger partial charge in [0.15, 0.2) is 0 Å². The number of benzene rings is 2. The van der Waals surface area contributed by atoms with Crippen LogP contribution in [0.4, 0.5) is 5.69 Å². The highest BCUT2D eigenvalue weighted by atomic mass is 16.4. The molecule has 0 bridgehead atoms. The summed E-state index contributed by atoms with van der Waals surface area (Å²) in [4.78, 5) is 16.5. The van der Waals surface area contributed by atoms with E-state index in [2.05, 4.69) is 20.5 Å². The lowest BCUT2D eigenvalue weighted by Gasteiger charge is -2.07. The van der Waals surface area contributed by atoms with Crippen molar-refractivity contribution in [3.8, 4) is 11.5 Å². The molecule has 26 heavy (non-hydrogen) atoms. The molecule has 2 aromatic carbocycles. The van der Waals surface area contributed by atoms with E-state index in [0.29, 0.717) is 23.7 Å². The molecule has 1 N–H and O–H groups in total. The van der Waals surface area contributed by atoms with Gasteiger partial charge in [-0.2, -0.15) is 0 Å². The van der Waals surface area contributed by atoms with Crippen LogP contribution < -0.4 is 5.32 Å². The third kappa shape index (κ3) is 3.51. The van der Waals surface area contributed by atoms with Crippen LogP contribution in [0.25, 0.3) is 11.5 Å². The zero-order valence-electron chi connectivity index (χ0n) is 13.7. The molecule has 7 heteroatoms. The monoisotopic (exact) mass is 345 g/mol. The highest BCUT2D eigenvalue weighted by Crippen LogP contribution is 2.20. The van der Waals surface area contributed by atoms with E-state index in [4.69, 9.17) is 4.42 Å². The fraction of sp³-hybridized carbons (Fsp3) is 0.0526. The first-order valence-electron chi connectivity index (χ1n) is 8.00. The van der Waals surface area contributed by atoms with Gasteiger partial charge in [0.25, 0.3) is 5.91 Å². The molecule has 0 saturated carbocycles. The Morgan fingerprint density at radius 3 is 2.77 bits per heavy atom. The van der Waals surface area contributed by atoms with Crippen LogP contribution in [-0.4, -0.2) is 25.7 Å². The average Bonchev–Trinajstić information content (AvgIpc) is 3.37. The van der Waals surface area contributed by atoms with Crippen LogP contribution in [0, 0.1) is 0 Å². The van der Waals surface area contributed by atoms with Crippen LogP contribution in [0.1, 0.15) is 15.9 Å². The number of anilines is 1. The molecule has 2 aromatic heterocycles. The largest absolute Gasteiger partial charge is 0.423 e. The number of carbonyl (C=O) groups is 1. The van der Waals surface area contributed by atoms with Gasteiger partial charge in [-0.15, -0.1) is 10.2 Å². The molecule has 128 valence electrons. The third-order valence-electron chi connectivity index (χ3n) is 3.87. The summed E-state index contributed by atoms with van der Waals surface area (Å²) in [6.07, 6.45) is 6.67. The van der Waals surface area contributed by atoms with Crippen LogP contribution in [0.15, 0.2) is 78.1 Å². The van der Waals surface area contributed by atoms with Gasteiger partial charge in [0.1, 0.15) is 0 Å². The molecule has 0 saturated heterocycles. The molecule has 2 heterocycles. The molecule has 0 aliphatic rings. The quantitative estimate of drug-likeness (QED) is 0.600. The first-order valence-corrected chi connectivity index (χ1v) is 8.00. The lowest BCUT2D eigenvalue weighted by molar-refractivity contribution is 0.102. The first kappa shape index (κ1) is 15.8. The van der Waals surface area contributed by atoms with Gasteiger partial charge in [-0.3, -0.25) is 4.79 Å². The molecule has 7 nitrogen and oxygen atoms in total. The summed E-state index contributed by atoms with van der Waals surface area (Å²) in [5.41, 5.74) is 3.09. The Kier molecular flexibility index (Phi) is 4.26. The molecule has 0 radical (unpaired) electrons. The Bertz CT molecular complexity index is 993. The van der Waals surface area contributed by atoms with Gasteiger partial charge in [-0.05, 0) is 35.9 Å². The maximum Gasteiger partial charge on any atom is 0.255 e. The zero-order chi connectivity index (χ0) is 17.8. The molecule has 4 aromatic rings. The van der Waals surface area contributed by atoms with Gasteiger partial charge in [-0.1, -0.05) is 18.2 Å². The summed E-state index contributed by atoms with van der Waals surface area (Å²) in [5.74, 6) is 0.229. The van der Waals surface area contributed by atoms with Crippen molar-refractivity contribution < 1.29 is 9.21 Å².